The van der Waals surface area contributed by atoms with Gasteiger partial charge in [0.05, 0.1) is 11.5 Å². The molecule has 0 spiro atoms. The highest BCUT2D eigenvalue weighted by Gasteiger charge is 2.32. The van der Waals surface area contributed by atoms with E-state index < -0.39 is 5.97 Å². The maximum Gasteiger partial charge on any atom is 0.335 e. The van der Waals surface area contributed by atoms with Gasteiger partial charge in [0.15, 0.2) is 0 Å². The van der Waals surface area contributed by atoms with Gasteiger partial charge in [-0.3, -0.25) is 4.79 Å². The standard InChI is InChI=1S/C11H11NO3/c1-6-8-5-7(11(14)15)3-4-9(8)12(2)10(6)13/h3-6H,1-2H3,(H,14,15)/t6-/m1/s1. The summed E-state index contributed by atoms with van der Waals surface area (Å²) in [6.45, 7) is 1.79. The van der Waals surface area contributed by atoms with E-state index in [-0.39, 0.29) is 17.4 Å². The molecule has 0 bridgehead atoms. The summed E-state index contributed by atoms with van der Waals surface area (Å²) in [6, 6.07) is 4.77. The summed E-state index contributed by atoms with van der Waals surface area (Å²) in [4.78, 5) is 24.0. The predicted octanol–water partition coefficient (Wildman–Crippen LogP) is 1.46. The van der Waals surface area contributed by atoms with E-state index in [2.05, 4.69) is 0 Å². The van der Waals surface area contributed by atoms with Crippen LogP contribution in [0.1, 0.15) is 28.8 Å². The maximum atomic E-state index is 11.6. The number of likely N-dealkylation sites (N-methyl/N-ethyl adjacent to an activating group) is 1. The highest BCUT2D eigenvalue weighted by Crippen LogP contribution is 2.36. The van der Waals surface area contributed by atoms with Crippen LogP contribution in [0.3, 0.4) is 0 Å². The first-order valence-corrected chi connectivity index (χ1v) is 4.67. The van der Waals surface area contributed by atoms with Crippen LogP contribution >= 0.6 is 0 Å². The first-order valence-electron chi connectivity index (χ1n) is 4.67. The van der Waals surface area contributed by atoms with Crippen LogP contribution in [0, 0.1) is 0 Å². The van der Waals surface area contributed by atoms with Gasteiger partial charge in [0, 0.05) is 12.7 Å². The third-order valence-electron chi connectivity index (χ3n) is 2.80. The normalized spacial score (nSPS) is 19.2. The molecule has 1 N–H and O–H groups in total. The van der Waals surface area contributed by atoms with Crippen LogP contribution in [-0.4, -0.2) is 24.0 Å². The number of nitrogens with zero attached hydrogens (tertiary/aromatic N) is 1. The second-order valence-electron chi connectivity index (χ2n) is 3.70. The number of amides is 1. The molecular weight excluding hydrogens is 194 g/mol. The Morgan fingerprint density at radius 1 is 1.47 bits per heavy atom. The lowest BCUT2D eigenvalue weighted by molar-refractivity contribution is -0.118. The zero-order chi connectivity index (χ0) is 11.2. The van der Waals surface area contributed by atoms with Crippen LogP contribution in [0.25, 0.3) is 0 Å². The summed E-state index contributed by atoms with van der Waals surface area (Å²) in [5, 5.41) is 8.84. The van der Waals surface area contributed by atoms with Crippen molar-refractivity contribution in [3.05, 3.63) is 29.3 Å². The lowest BCUT2D eigenvalue weighted by atomic mass is 10.0. The zero-order valence-corrected chi connectivity index (χ0v) is 8.52. The Bertz CT molecular complexity index is 453. The molecule has 4 nitrogen and oxygen atoms in total. The number of carboxylic acid groups (broad SMARTS) is 1. The highest BCUT2D eigenvalue weighted by atomic mass is 16.4. The molecule has 1 amide bonds. The van der Waals surface area contributed by atoms with E-state index in [0.29, 0.717) is 0 Å². The molecule has 0 saturated carbocycles. The van der Waals surface area contributed by atoms with E-state index in [0.717, 1.165) is 11.3 Å². The van der Waals surface area contributed by atoms with Gasteiger partial charge < -0.3 is 10.0 Å². The van der Waals surface area contributed by atoms with E-state index in [1.54, 1.807) is 31.0 Å². The summed E-state index contributed by atoms with van der Waals surface area (Å²) in [5.74, 6) is -1.20. The Morgan fingerprint density at radius 3 is 2.73 bits per heavy atom. The second kappa shape index (κ2) is 3.08. The molecule has 0 aromatic heterocycles. The Balaban J connectivity index is 2.56. The van der Waals surface area contributed by atoms with Crippen LogP contribution in [-0.2, 0) is 4.79 Å². The van der Waals surface area contributed by atoms with Crippen molar-refractivity contribution in [2.45, 2.75) is 12.8 Å². The largest absolute Gasteiger partial charge is 0.478 e. The number of rotatable bonds is 1. The van der Waals surface area contributed by atoms with Gasteiger partial charge >= 0.3 is 5.97 Å². The van der Waals surface area contributed by atoms with Crippen molar-refractivity contribution in [3.8, 4) is 0 Å². The SMILES string of the molecule is C[C@H]1C(=O)N(C)c2ccc(C(=O)O)cc21. The van der Waals surface area contributed by atoms with Crippen LogP contribution in [0.2, 0.25) is 0 Å². The molecule has 1 atom stereocenters. The van der Waals surface area contributed by atoms with Crippen LogP contribution in [0.15, 0.2) is 18.2 Å². The van der Waals surface area contributed by atoms with Crippen molar-refractivity contribution in [1.82, 2.24) is 0 Å². The van der Waals surface area contributed by atoms with Gasteiger partial charge in [-0.15, -0.1) is 0 Å². The van der Waals surface area contributed by atoms with Gasteiger partial charge in [-0.1, -0.05) is 0 Å². The number of aromatic carboxylic acids is 1. The van der Waals surface area contributed by atoms with Gasteiger partial charge in [-0.2, -0.15) is 0 Å². The molecule has 1 aliphatic heterocycles. The van der Waals surface area contributed by atoms with Gasteiger partial charge in [-0.05, 0) is 30.7 Å². The van der Waals surface area contributed by atoms with Gasteiger partial charge in [0.2, 0.25) is 5.91 Å². The number of carbonyl (C=O) groups excluding carboxylic acids is 1. The molecule has 1 heterocycles. The molecule has 78 valence electrons. The first-order chi connectivity index (χ1) is 7.02. The van der Waals surface area contributed by atoms with Crippen LogP contribution in [0.5, 0.6) is 0 Å². The Labute approximate surface area is 87.1 Å². The molecule has 0 aliphatic carbocycles. The van der Waals surface area contributed by atoms with Crippen LogP contribution in [0.4, 0.5) is 5.69 Å². The number of anilines is 1. The summed E-state index contributed by atoms with van der Waals surface area (Å²) < 4.78 is 0. The van der Waals surface area contributed by atoms with Crippen molar-refractivity contribution in [1.29, 1.82) is 0 Å². The first kappa shape index (κ1) is 9.71. The van der Waals surface area contributed by atoms with Crippen molar-refractivity contribution < 1.29 is 14.7 Å². The summed E-state index contributed by atoms with van der Waals surface area (Å²) >= 11 is 0. The average Bonchev–Trinajstić information content (AvgIpc) is 2.44. The van der Waals surface area contributed by atoms with Gasteiger partial charge in [0.1, 0.15) is 0 Å². The van der Waals surface area contributed by atoms with E-state index in [9.17, 15) is 9.59 Å². The Morgan fingerprint density at radius 2 is 2.13 bits per heavy atom. The smallest absolute Gasteiger partial charge is 0.335 e. The minimum atomic E-state index is -0.966. The third-order valence-corrected chi connectivity index (χ3v) is 2.80. The number of carboxylic acids is 1. The lowest BCUT2D eigenvalue weighted by Crippen LogP contribution is -2.22. The molecule has 2 rings (SSSR count). The predicted molar refractivity (Wildman–Crippen MR) is 55.2 cm³/mol. The fraction of sp³-hybridized carbons (Fsp3) is 0.273. The molecule has 1 aliphatic rings. The lowest BCUT2D eigenvalue weighted by Gasteiger charge is -2.09. The quantitative estimate of drug-likeness (QED) is 0.755. The molecule has 0 saturated heterocycles. The molecule has 4 heteroatoms. The van der Waals surface area contributed by atoms with Crippen molar-refractivity contribution >= 4 is 17.6 Å². The molecule has 0 unspecified atom stereocenters. The van der Waals surface area contributed by atoms with Crippen LogP contribution < -0.4 is 4.90 Å². The van der Waals surface area contributed by atoms with Gasteiger partial charge in [0.25, 0.3) is 0 Å². The Hall–Kier alpha value is -1.84. The molecule has 1 aromatic carbocycles. The van der Waals surface area contributed by atoms with E-state index in [1.807, 2.05) is 0 Å². The number of hydrogen-bond acceptors (Lipinski definition) is 2. The minimum absolute atomic E-state index is 0.00698. The van der Waals surface area contributed by atoms with Crippen molar-refractivity contribution in [3.63, 3.8) is 0 Å². The minimum Gasteiger partial charge on any atom is -0.478 e. The van der Waals surface area contributed by atoms with E-state index in [1.165, 1.54) is 6.07 Å². The van der Waals surface area contributed by atoms with E-state index >= 15 is 0 Å². The van der Waals surface area contributed by atoms with E-state index in [4.69, 9.17) is 5.11 Å². The highest BCUT2D eigenvalue weighted by molar-refractivity contribution is 6.05. The molecule has 1 aromatic rings. The summed E-state index contributed by atoms with van der Waals surface area (Å²) in [7, 11) is 1.70. The van der Waals surface area contributed by atoms with Crippen molar-refractivity contribution in [2.75, 3.05) is 11.9 Å². The number of fused-ring (bicyclic) bond motifs is 1. The fourth-order valence-electron chi connectivity index (χ4n) is 1.88. The van der Waals surface area contributed by atoms with Gasteiger partial charge in [-0.25, -0.2) is 4.79 Å². The topological polar surface area (TPSA) is 57.6 Å². The fourth-order valence-corrected chi connectivity index (χ4v) is 1.88. The number of carbonyl (C=O) groups is 2. The summed E-state index contributed by atoms with van der Waals surface area (Å²) in [5.41, 5.74) is 1.82. The molecular formula is C11H11NO3. The Kier molecular flexibility index (Phi) is 2.00. The molecule has 0 fully saturated rings. The number of hydrogen-bond donors (Lipinski definition) is 1. The molecule has 0 radical (unpaired) electrons. The second-order valence-corrected chi connectivity index (χ2v) is 3.70. The van der Waals surface area contributed by atoms with Crippen molar-refractivity contribution in [2.24, 2.45) is 0 Å². The maximum absolute atomic E-state index is 11.6. The molecule has 15 heavy (non-hydrogen) atoms. The third kappa shape index (κ3) is 1.29. The monoisotopic (exact) mass is 205 g/mol. The zero-order valence-electron chi connectivity index (χ0n) is 8.52. The number of benzene rings is 1. The summed E-state index contributed by atoms with van der Waals surface area (Å²) in [6.07, 6.45) is 0. The average molecular weight is 205 g/mol.